The molecule has 0 fully saturated rings. The van der Waals surface area contributed by atoms with E-state index in [0.717, 1.165) is 104 Å². The Kier molecular flexibility index (Phi) is 35.0. The van der Waals surface area contributed by atoms with Crippen LogP contribution in [0.4, 0.5) is 4.79 Å². The van der Waals surface area contributed by atoms with Gasteiger partial charge in [0.05, 0.1) is 32.2 Å². The standard InChI is InChI=1S/C61H107NO11/c1-12-15-16-17-18-19-20-24-41-67-55(63)34-22-21-23-35-56(64)70-44-53(46-72-60(66)69-42-28-40-62(13-2)14-3)45-71-57(65)37-43-68-58-50(8)51(9)59-54(52(58)10)36-39-61(11,73-59)38-27-33-49(7)32-26-31-48(6)30-25-29-47(4)5/h47-49,53H,12-46H2,1-11H3/t48-,49-,53?,61-/m1/s1. The van der Waals surface area contributed by atoms with Crippen LogP contribution in [-0.4, -0.2) is 93.8 Å². The third-order valence-electron chi connectivity index (χ3n) is 15.0. The first-order valence-corrected chi connectivity index (χ1v) is 29.4. The van der Waals surface area contributed by atoms with Crippen LogP contribution >= 0.6 is 0 Å². The molecular formula is C61H107NO11. The maximum Gasteiger partial charge on any atom is 0.508 e. The fourth-order valence-electron chi connectivity index (χ4n) is 9.84. The summed E-state index contributed by atoms with van der Waals surface area (Å²) in [7, 11) is 0. The molecular weight excluding hydrogens is 923 g/mol. The molecule has 0 saturated carbocycles. The molecule has 4 atom stereocenters. The van der Waals surface area contributed by atoms with E-state index in [0.29, 0.717) is 38.7 Å². The van der Waals surface area contributed by atoms with Crippen LogP contribution in [0.1, 0.15) is 238 Å². The highest BCUT2D eigenvalue weighted by Crippen LogP contribution is 2.45. The number of nitrogens with zero attached hydrogens (tertiary/aromatic N) is 1. The Morgan fingerprint density at radius 1 is 0.562 bits per heavy atom. The monoisotopic (exact) mass is 1030 g/mol. The van der Waals surface area contributed by atoms with Gasteiger partial charge in [-0.1, -0.05) is 145 Å². The van der Waals surface area contributed by atoms with E-state index in [1.807, 2.05) is 0 Å². The highest BCUT2D eigenvalue weighted by Gasteiger charge is 2.34. The van der Waals surface area contributed by atoms with Gasteiger partial charge in [-0.15, -0.1) is 0 Å². The lowest BCUT2D eigenvalue weighted by atomic mass is 9.83. The molecule has 1 aliphatic rings. The summed E-state index contributed by atoms with van der Waals surface area (Å²) in [5.74, 6) is 2.43. The number of fused-ring (bicyclic) bond motifs is 1. The minimum Gasteiger partial charge on any atom is -0.492 e. The minimum absolute atomic E-state index is 0.00795. The number of hydrogen-bond acceptors (Lipinski definition) is 12. The van der Waals surface area contributed by atoms with Gasteiger partial charge in [0.25, 0.3) is 0 Å². The van der Waals surface area contributed by atoms with E-state index in [4.69, 9.17) is 33.2 Å². The number of esters is 3. The third kappa shape index (κ3) is 29.4. The molecule has 1 aromatic rings. The van der Waals surface area contributed by atoms with Crippen molar-refractivity contribution in [1.82, 2.24) is 4.90 Å². The maximum atomic E-state index is 13.1. The summed E-state index contributed by atoms with van der Waals surface area (Å²) >= 11 is 0. The van der Waals surface area contributed by atoms with Crippen molar-refractivity contribution in [3.05, 3.63) is 22.3 Å². The van der Waals surface area contributed by atoms with E-state index in [2.05, 4.69) is 81.1 Å². The Labute approximate surface area is 445 Å². The van der Waals surface area contributed by atoms with E-state index >= 15 is 0 Å². The van der Waals surface area contributed by atoms with E-state index < -0.39 is 24.0 Å². The van der Waals surface area contributed by atoms with Crippen molar-refractivity contribution in [2.75, 3.05) is 59.3 Å². The highest BCUT2D eigenvalue weighted by molar-refractivity contribution is 5.70. The molecule has 12 nitrogen and oxygen atoms in total. The van der Waals surface area contributed by atoms with Crippen molar-refractivity contribution in [2.24, 2.45) is 23.7 Å². The van der Waals surface area contributed by atoms with Gasteiger partial charge in [-0.05, 0) is 127 Å². The Hall–Kier alpha value is -3.54. The fraction of sp³-hybridized carbons (Fsp3) is 0.836. The molecule has 1 aromatic carbocycles. The number of rotatable bonds is 43. The molecule has 2 rings (SSSR count). The third-order valence-corrected chi connectivity index (χ3v) is 15.0. The predicted molar refractivity (Wildman–Crippen MR) is 295 cm³/mol. The summed E-state index contributed by atoms with van der Waals surface area (Å²) in [6.07, 6.45) is 25.1. The van der Waals surface area contributed by atoms with Gasteiger partial charge >= 0.3 is 24.1 Å². The number of benzene rings is 1. The number of carbonyl (C=O) groups is 4. The quantitative estimate of drug-likeness (QED) is 0.0350. The molecule has 422 valence electrons. The summed E-state index contributed by atoms with van der Waals surface area (Å²) < 4.78 is 40.5. The first-order chi connectivity index (χ1) is 35.0. The molecule has 0 amide bonds. The van der Waals surface area contributed by atoms with Crippen LogP contribution in [0.2, 0.25) is 0 Å². The highest BCUT2D eigenvalue weighted by atomic mass is 16.7. The van der Waals surface area contributed by atoms with Crippen molar-refractivity contribution in [3.63, 3.8) is 0 Å². The molecule has 0 N–H and O–H groups in total. The molecule has 1 unspecified atom stereocenters. The SMILES string of the molecule is CCCCCCCCCCOC(=O)CCCCCC(=O)OCC(COC(=O)CCOc1c(C)c(C)c2c(c1C)CC[C@@](C)(CCC[C@H](C)CCC[C@H](C)CCCC(C)C)O2)COC(=O)OCCCN(CC)CC. The van der Waals surface area contributed by atoms with Crippen molar-refractivity contribution in [3.8, 4) is 11.5 Å². The zero-order valence-corrected chi connectivity index (χ0v) is 48.5. The molecule has 0 spiro atoms. The smallest absolute Gasteiger partial charge is 0.492 e. The molecule has 1 heterocycles. The van der Waals surface area contributed by atoms with Crippen LogP contribution in [0, 0.1) is 44.4 Å². The summed E-state index contributed by atoms with van der Waals surface area (Å²) in [6, 6.07) is 0. The average Bonchev–Trinajstić information content (AvgIpc) is 3.35. The molecule has 0 bridgehead atoms. The number of unbranched alkanes of at least 4 members (excludes halogenated alkanes) is 9. The average molecular weight is 1030 g/mol. The van der Waals surface area contributed by atoms with E-state index in [9.17, 15) is 19.2 Å². The van der Waals surface area contributed by atoms with Crippen LogP contribution < -0.4 is 9.47 Å². The van der Waals surface area contributed by atoms with E-state index in [-0.39, 0.29) is 57.4 Å². The normalized spacial score (nSPS) is 15.6. The summed E-state index contributed by atoms with van der Waals surface area (Å²) in [5, 5.41) is 0. The van der Waals surface area contributed by atoms with Crippen molar-refractivity contribution in [2.45, 2.75) is 249 Å². The second kappa shape index (κ2) is 38.9. The second-order valence-electron chi connectivity index (χ2n) is 22.3. The van der Waals surface area contributed by atoms with Crippen LogP contribution in [-0.2, 0) is 44.5 Å². The molecule has 1 aliphatic heterocycles. The largest absolute Gasteiger partial charge is 0.508 e. The van der Waals surface area contributed by atoms with Gasteiger partial charge in [-0.25, -0.2) is 4.79 Å². The van der Waals surface area contributed by atoms with E-state index in [1.54, 1.807) is 0 Å². The van der Waals surface area contributed by atoms with Crippen LogP contribution in [0.5, 0.6) is 11.5 Å². The molecule has 12 heteroatoms. The Balaban J connectivity index is 1.84. The lowest BCUT2D eigenvalue weighted by molar-refractivity contribution is -0.150. The molecule has 0 aromatic heterocycles. The van der Waals surface area contributed by atoms with Gasteiger partial charge in [0, 0.05) is 24.9 Å². The summed E-state index contributed by atoms with van der Waals surface area (Å²) in [4.78, 5) is 52.7. The number of carbonyl (C=O) groups excluding carboxylic acids is 4. The molecule has 0 radical (unpaired) electrons. The second-order valence-corrected chi connectivity index (χ2v) is 22.3. The van der Waals surface area contributed by atoms with Crippen molar-refractivity contribution >= 4 is 24.1 Å². The zero-order valence-electron chi connectivity index (χ0n) is 48.5. The van der Waals surface area contributed by atoms with Crippen LogP contribution in [0.15, 0.2) is 0 Å². The van der Waals surface area contributed by atoms with E-state index in [1.165, 1.54) is 89.0 Å². The van der Waals surface area contributed by atoms with Gasteiger partial charge in [-0.3, -0.25) is 14.4 Å². The van der Waals surface area contributed by atoms with Crippen LogP contribution in [0.3, 0.4) is 0 Å². The number of hydrogen-bond donors (Lipinski definition) is 0. The minimum atomic E-state index is -0.823. The van der Waals surface area contributed by atoms with Crippen molar-refractivity contribution < 1.29 is 52.3 Å². The van der Waals surface area contributed by atoms with Crippen LogP contribution in [0.25, 0.3) is 0 Å². The Morgan fingerprint density at radius 2 is 1.10 bits per heavy atom. The fourth-order valence-corrected chi connectivity index (χ4v) is 9.84. The van der Waals surface area contributed by atoms with Gasteiger partial charge in [0.1, 0.15) is 36.9 Å². The summed E-state index contributed by atoms with van der Waals surface area (Å²) in [6.45, 7) is 27.4. The number of ether oxygens (including phenoxy) is 7. The van der Waals surface area contributed by atoms with Crippen molar-refractivity contribution in [1.29, 1.82) is 0 Å². The molecule has 73 heavy (non-hydrogen) atoms. The topological polar surface area (TPSA) is 136 Å². The molecule has 0 saturated heterocycles. The summed E-state index contributed by atoms with van der Waals surface area (Å²) in [5.41, 5.74) is 4.10. The maximum absolute atomic E-state index is 13.1. The Morgan fingerprint density at radius 3 is 1.71 bits per heavy atom. The zero-order chi connectivity index (χ0) is 53.9. The first-order valence-electron chi connectivity index (χ1n) is 29.4. The lowest BCUT2D eigenvalue weighted by Gasteiger charge is -2.38. The van der Waals surface area contributed by atoms with Gasteiger partial charge in [-0.2, -0.15) is 0 Å². The first kappa shape index (κ1) is 65.6. The van der Waals surface area contributed by atoms with Gasteiger partial charge in [0.2, 0.25) is 0 Å². The predicted octanol–water partition coefficient (Wildman–Crippen LogP) is 15.1. The molecule has 0 aliphatic carbocycles. The Bertz CT molecular complexity index is 1680. The van der Waals surface area contributed by atoms with Gasteiger partial charge in [0.15, 0.2) is 0 Å². The lowest BCUT2D eigenvalue weighted by Crippen LogP contribution is -2.37. The van der Waals surface area contributed by atoms with Gasteiger partial charge < -0.3 is 38.1 Å².